The summed E-state index contributed by atoms with van der Waals surface area (Å²) in [5.74, 6) is -3.82. The Morgan fingerprint density at radius 1 is 1.06 bits per heavy atom. The lowest BCUT2D eigenvalue weighted by Crippen LogP contribution is -2.48. The van der Waals surface area contributed by atoms with Crippen molar-refractivity contribution in [2.24, 2.45) is 0 Å². The number of morpholine rings is 1. The second kappa shape index (κ2) is 10.4. The number of amides is 2. The van der Waals surface area contributed by atoms with Crippen molar-refractivity contribution in [3.05, 3.63) is 29.8 Å². The number of hydrogen-bond donors (Lipinski definition) is 2. The van der Waals surface area contributed by atoms with Crippen LogP contribution in [0.2, 0.25) is 0 Å². The zero-order valence-corrected chi connectivity index (χ0v) is 17.5. The van der Waals surface area contributed by atoms with E-state index in [9.17, 15) is 26.8 Å². The second-order valence-corrected chi connectivity index (χ2v) is 8.79. The third-order valence-electron chi connectivity index (χ3n) is 4.88. The molecule has 31 heavy (non-hydrogen) atoms. The summed E-state index contributed by atoms with van der Waals surface area (Å²) in [6.07, 6.45) is -1.15. The van der Waals surface area contributed by atoms with Crippen LogP contribution in [-0.4, -0.2) is 94.8 Å². The van der Waals surface area contributed by atoms with Crippen molar-refractivity contribution in [3.63, 3.8) is 0 Å². The van der Waals surface area contributed by atoms with Crippen molar-refractivity contribution in [2.45, 2.75) is 11.1 Å². The third-order valence-corrected chi connectivity index (χ3v) is 6.79. The van der Waals surface area contributed by atoms with Gasteiger partial charge in [-0.3, -0.25) is 14.5 Å². The Labute approximate surface area is 178 Å². The number of carbonyl (C=O) groups is 2. The van der Waals surface area contributed by atoms with Crippen molar-refractivity contribution in [1.29, 1.82) is 0 Å². The molecule has 1 aromatic carbocycles. The lowest BCUT2D eigenvalue weighted by atomic mass is 10.3. The molecule has 0 aliphatic carbocycles. The first kappa shape index (κ1) is 23.5. The Morgan fingerprint density at radius 2 is 1.77 bits per heavy atom. The van der Waals surface area contributed by atoms with E-state index < -0.39 is 44.6 Å². The van der Waals surface area contributed by atoms with E-state index in [2.05, 4.69) is 15.5 Å². The minimum Gasteiger partial charge on any atom is -0.379 e. The van der Waals surface area contributed by atoms with E-state index in [4.69, 9.17) is 9.47 Å². The summed E-state index contributed by atoms with van der Waals surface area (Å²) in [6.45, 7) is 3.14. The van der Waals surface area contributed by atoms with Gasteiger partial charge in [-0.15, -0.1) is 0 Å². The fourth-order valence-electron chi connectivity index (χ4n) is 3.24. The van der Waals surface area contributed by atoms with Gasteiger partial charge in [0, 0.05) is 32.7 Å². The van der Waals surface area contributed by atoms with Gasteiger partial charge in [-0.25, -0.2) is 17.2 Å². The minimum absolute atomic E-state index is 0.00243. The fraction of sp³-hybridized carbons (Fsp3) is 0.556. The van der Waals surface area contributed by atoms with E-state index in [0.29, 0.717) is 25.8 Å². The van der Waals surface area contributed by atoms with Gasteiger partial charge in [0.15, 0.2) is 0 Å². The first-order valence-electron chi connectivity index (χ1n) is 9.73. The van der Waals surface area contributed by atoms with Crippen molar-refractivity contribution in [2.75, 3.05) is 59.1 Å². The molecule has 2 aliphatic heterocycles. The molecular formula is C18H24F2N4O6S. The summed E-state index contributed by atoms with van der Waals surface area (Å²) in [6, 6.07) is 2.11. The van der Waals surface area contributed by atoms with Gasteiger partial charge < -0.3 is 20.1 Å². The van der Waals surface area contributed by atoms with Crippen LogP contribution in [0.1, 0.15) is 0 Å². The summed E-state index contributed by atoms with van der Waals surface area (Å²) in [4.78, 5) is 25.2. The molecule has 2 saturated heterocycles. The highest BCUT2D eigenvalue weighted by molar-refractivity contribution is 7.89. The van der Waals surface area contributed by atoms with Crippen molar-refractivity contribution >= 4 is 21.8 Å². The molecule has 1 atom stereocenters. The molecule has 2 aliphatic rings. The molecule has 2 N–H and O–H groups in total. The second-order valence-electron chi connectivity index (χ2n) is 6.94. The monoisotopic (exact) mass is 462 g/mol. The standard InChI is InChI=1S/C18H24F2N4O6S/c19-13-1-2-14(20)15(11-13)31(27,28)24-7-10-30-16(24)12-22-18(26)17(25)21-3-4-23-5-8-29-9-6-23/h1-2,11,16H,3-10,12H2,(H,21,25)(H,22,26)/t16-/m0/s1. The van der Waals surface area contributed by atoms with Crippen LogP contribution in [0.4, 0.5) is 8.78 Å². The number of sulfonamides is 1. The molecule has 10 nitrogen and oxygen atoms in total. The van der Waals surface area contributed by atoms with E-state index in [0.717, 1.165) is 29.5 Å². The normalized spacial score (nSPS) is 20.5. The van der Waals surface area contributed by atoms with E-state index in [1.54, 1.807) is 0 Å². The summed E-state index contributed by atoms with van der Waals surface area (Å²) < 4.78 is 64.2. The van der Waals surface area contributed by atoms with E-state index in [-0.39, 0.29) is 26.2 Å². The smallest absolute Gasteiger partial charge is 0.309 e. The molecule has 1 aromatic rings. The van der Waals surface area contributed by atoms with Crippen molar-refractivity contribution in [3.8, 4) is 0 Å². The van der Waals surface area contributed by atoms with Crippen molar-refractivity contribution in [1.82, 2.24) is 19.8 Å². The average Bonchev–Trinajstić information content (AvgIpc) is 3.24. The minimum atomic E-state index is -4.41. The molecule has 0 radical (unpaired) electrons. The molecule has 13 heteroatoms. The Morgan fingerprint density at radius 3 is 2.52 bits per heavy atom. The van der Waals surface area contributed by atoms with E-state index >= 15 is 0 Å². The lowest BCUT2D eigenvalue weighted by Gasteiger charge is -2.26. The molecule has 172 valence electrons. The van der Waals surface area contributed by atoms with Gasteiger partial charge in [-0.2, -0.15) is 4.31 Å². The Hall–Kier alpha value is -2.19. The third kappa shape index (κ3) is 5.95. The number of benzene rings is 1. The van der Waals surface area contributed by atoms with Crippen molar-refractivity contribution < 1.29 is 36.3 Å². The van der Waals surface area contributed by atoms with E-state index in [1.165, 1.54) is 0 Å². The molecule has 3 rings (SSSR count). The first-order valence-corrected chi connectivity index (χ1v) is 11.2. The predicted molar refractivity (Wildman–Crippen MR) is 103 cm³/mol. The zero-order chi connectivity index (χ0) is 22.4. The highest BCUT2D eigenvalue weighted by atomic mass is 32.2. The molecule has 2 fully saturated rings. The number of carbonyl (C=O) groups excluding carboxylic acids is 2. The van der Waals surface area contributed by atoms with E-state index in [1.807, 2.05) is 0 Å². The Balaban J connectivity index is 1.51. The maximum atomic E-state index is 14.0. The molecule has 0 spiro atoms. The number of hydrogen-bond acceptors (Lipinski definition) is 7. The van der Waals surface area contributed by atoms with Crippen LogP contribution in [-0.2, 0) is 29.1 Å². The van der Waals surface area contributed by atoms with Crippen LogP contribution in [0, 0.1) is 11.6 Å². The molecule has 0 aromatic heterocycles. The molecule has 2 amide bonds. The van der Waals surface area contributed by atoms with Gasteiger partial charge >= 0.3 is 11.8 Å². The van der Waals surface area contributed by atoms with Crippen LogP contribution in [0.5, 0.6) is 0 Å². The highest BCUT2D eigenvalue weighted by Gasteiger charge is 2.38. The lowest BCUT2D eigenvalue weighted by molar-refractivity contribution is -0.139. The number of ether oxygens (including phenoxy) is 2. The zero-order valence-electron chi connectivity index (χ0n) is 16.7. The van der Waals surface area contributed by atoms with Crippen LogP contribution in [0.3, 0.4) is 0 Å². The van der Waals surface area contributed by atoms with Crippen LogP contribution < -0.4 is 10.6 Å². The molecule has 0 saturated carbocycles. The van der Waals surface area contributed by atoms with Gasteiger partial charge in [0.05, 0.1) is 26.4 Å². The van der Waals surface area contributed by atoms with Crippen LogP contribution in [0.25, 0.3) is 0 Å². The predicted octanol–water partition coefficient (Wildman–Crippen LogP) is -1.12. The molecular weight excluding hydrogens is 438 g/mol. The Kier molecular flexibility index (Phi) is 7.89. The maximum Gasteiger partial charge on any atom is 0.309 e. The topological polar surface area (TPSA) is 117 Å². The van der Waals surface area contributed by atoms with Gasteiger partial charge in [0.1, 0.15) is 22.8 Å². The van der Waals surface area contributed by atoms with Crippen LogP contribution in [0.15, 0.2) is 23.1 Å². The maximum absolute atomic E-state index is 14.0. The van der Waals surface area contributed by atoms with Gasteiger partial charge in [-0.1, -0.05) is 0 Å². The fourth-order valence-corrected chi connectivity index (χ4v) is 4.82. The van der Waals surface area contributed by atoms with Crippen LogP contribution >= 0.6 is 0 Å². The summed E-state index contributed by atoms with van der Waals surface area (Å²) in [5.41, 5.74) is 0. The summed E-state index contributed by atoms with van der Waals surface area (Å²) >= 11 is 0. The van der Waals surface area contributed by atoms with Gasteiger partial charge in [-0.05, 0) is 18.2 Å². The van der Waals surface area contributed by atoms with Gasteiger partial charge in [0.2, 0.25) is 10.0 Å². The summed E-state index contributed by atoms with van der Waals surface area (Å²) in [7, 11) is -4.41. The first-order chi connectivity index (χ1) is 14.8. The van der Waals surface area contributed by atoms with Gasteiger partial charge in [0.25, 0.3) is 0 Å². The number of rotatable bonds is 7. The highest BCUT2D eigenvalue weighted by Crippen LogP contribution is 2.24. The molecule has 2 heterocycles. The molecule has 0 unspecified atom stereocenters. The average molecular weight is 462 g/mol. The Bertz CT molecular complexity index is 910. The quantitative estimate of drug-likeness (QED) is 0.493. The SMILES string of the molecule is O=C(NCCN1CCOCC1)C(=O)NC[C@@H]1OCCN1S(=O)(=O)c1cc(F)ccc1F. The number of nitrogens with zero attached hydrogens (tertiary/aromatic N) is 2. The largest absolute Gasteiger partial charge is 0.379 e. The summed E-state index contributed by atoms with van der Waals surface area (Å²) in [5, 5.41) is 4.80. The number of nitrogens with one attached hydrogen (secondary N) is 2. The number of halogens is 2. The molecule has 0 bridgehead atoms.